The zero-order valence-corrected chi connectivity index (χ0v) is 15.6. The number of nitrogens with zero attached hydrogens (tertiary/aromatic N) is 4. The number of rotatable bonds is 5. The Labute approximate surface area is 155 Å². The van der Waals surface area contributed by atoms with E-state index in [9.17, 15) is 0 Å². The van der Waals surface area contributed by atoms with E-state index in [1.807, 2.05) is 24.3 Å². The third-order valence-corrected chi connectivity index (χ3v) is 5.46. The van der Waals surface area contributed by atoms with Crippen LogP contribution in [0.2, 0.25) is 0 Å². The fraction of sp³-hybridized carbons (Fsp3) is 0.500. The minimum absolute atomic E-state index is 0.424. The van der Waals surface area contributed by atoms with Crippen molar-refractivity contribution in [3.8, 4) is 11.4 Å². The molecule has 138 valence electrons. The van der Waals surface area contributed by atoms with Crippen molar-refractivity contribution >= 4 is 17.3 Å². The van der Waals surface area contributed by atoms with Gasteiger partial charge in [0, 0.05) is 30.4 Å². The second-order valence-electron chi connectivity index (χ2n) is 7.03. The first kappa shape index (κ1) is 17.1. The molecule has 2 aromatic rings. The van der Waals surface area contributed by atoms with Crippen molar-refractivity contribution in [3.63, 3.8) is 0 Å². The minimum Gasteiger partial charge on any atom is -0.399 e. The van der Waals surface area contributed by atoms with Crippen LogP contribution in [0.3, 0.4) is 0 Å². The number of hydrogen-bond donors (Lipinski definition) is 1. The highest BCUT2D eigenvalue weighted by Gasteiger charge is 2.38. The van der Waals surface area contributed by atoms with Gasteiger partial charge < -0.3 is 20.3 Å². The summed E-state index contributed by atoms with van der Waals surface area (Å²) in [4.78, 5) is 14.5. The zero-order valence-electron chi connectivity index (χ0n) is 15.6. The Bertz CT molecular complexity index is 743. The highest BCUT2D eigenvalue weighted by Crippen LogP contribution is 2.35. The molecule has 6 nitrogen and oxygen atoms in total. The van der Waals surface area contributed by atoms with E-state index in [4.69, 9.17) is 20.4 Å². The van der Waals surface area contributed by atoms with Crippen LogP contribution in [0.1, 0.15) is 26.7 Å². The summed E-state index contributed by atoms with van der Waals surface area (Å²) in [6, 6.07) is 10.8. The Morgan fingerprint density at radius 1 is 1.08 bits per heavy atom. The number of benzene rings is 1. The summed E-state index contributed by atoms with van der Waals surface area (Å²) in [5.41, 5.74) is 7.59. The van der Waals surface area contributed by atoms with Crippen LogP contribution in [0.25, 0.3) is 11.4 Å². The molecule has 2 N–H and O–H groups in total. The SMILES string of the molecule is CCN(CC)c1cc(N2C3CCC2COC3)nc(-c2ccc(N)cc2)n1. The summed E-state index contributed by atoms with van der Waals surface area (Å²) in [6.45, 7) is 7.74. The predicted molar refractivity (Wildman–Crippen MR) is 106 cm³/mol. The molecule has 2 saturated heterocycles. The quantitative estimate of drug-likeness (QED) is 0.834. The van der Waals surface area contributed by atoms with Gasteiger partial charge in [-0.2, -0.15) is 0 Å². The van der Waals surface area contributed by atoms with Gasteiger partial charge in [0.05, 0.1) is 25.3 Å². The molecule has 2 unspecified atom stereocenters. The van der Waals surface area contributed by atoms with Gasteiger partial charge in [-0.25, -0.2) is 9.97 Å². The van der Waals surface area contributed by atoms with Gasteiger partial charge in [-0.1, -0.05) is 0 Å². The first-order chi connectivity index (χ1) is 12.7. The first-order valence-corrected chi connectivity index (χ1v) is 9.55. The lowest BCUT2D eigenvalue weighted by molar-refractivity contribution is 0.0902. The summed E-state index contributed by atoms with van der Waals surface area (Å²) in [7, 11) is 0. The smallest absolute Gasteiger partial charge is 0.163 e. The van der Waals surface area contributed by atoms with Gasteiger partial charge >= 0.3 is 0 Å². The third-order valence-electron chi connectivity index (χ3n) is 5.46. The standard InChI is InChI=1S/C20H27N5O/c1-3-24(4-2)18-11-19(25-16-9-10-17(25)13-26-12-16)23-20(22-18)14-5-7-15(21)8-6-14/h5-8,11,16-17H,3-4,9-10,12-13,21H2,1-2H3. The van der Waals surface area contributed by atoms with Crippen LogP contribution in [0.15, 0.2) is 30.3 Å². The summed E-state index contributed by atoms with van der Waals surface area (Å²) < 4.78 is 5.75. The number of morpholine rings is 1. The Hall–Kier alpha value is -2.34. The molecule has 1 aromatic heterocycles. The normalized spacial score (nSPS) is 21.8. The molecular weight excluding hydrogens is 326 g/mol. The van der Waals surface area contributed by atoms with E-state index in [-0.39, 0.29) is 0 Å². The molecule has 2 aliphatic heterocycles. The summed E-state index contributed by atoms with van der Waals surface area (Å²) in [5, 5.41) is 0. The van der Waals surface area contributed by atoms with Gasteiger partial charge in [0.25, 0.3) is 0 Å². The van der Waals surface area contributed by atoms with E-state index in [2.05, 4.69) is 29.7 Å². The summed E-state index contributed by atoms with van der Waals surface area (Å²) >= 11 is 0. The Balaban J connectivity index is 1.79. The van der Waals surface area contributed by atoms with Crippen LogP contribution in [0, 0.1) is 0 Å². The molecule has 4 rings (SSSR count). The van der Waals surface area contributed by atoms with E-state index < -0.39 is 0 Å². The second kappa shape index (κ2) is 7.11. The lowest BCUT2D eigenvalue weighted by Gasteiger charge is -2.36. The largest absolute Gasteiger partial charge is 0.399 e. The number of ether oxygens (including phenoxy) is 1. The number of fused-ring (bicyclic) bond motifs is 2. The van der Waals surface area contributed by atoms with Crippen molar-refractivity contribution in [1.29, 1.82) is 0 Å². The Kier molecular flexibility index (Phi) is 4.68. The van der Waals surface area contributed by atoms with Gasteiger partial charge in [0.2, 0.25) is 0 Å². The molecule has 2 aliphatic rings. The van der Waals surface area contributed by atoms with Gasteiger partial charge in [0.15, 0.2) is 5.82 Å². The van der Waals surface area contributed by atoms with Gasteiger partial charge in [-0.15, -0.1) is 0 Å². The number of anilines is 3. The predicted octanol–water partition coefficient (Wildman–Crippen LogP) is 2.94. The number of nitrogen functional groups attached to an aromatic ring is 1. The average Bonchev–Trinajstić information content (AvgIpc) is 2.92. The van der Waals surface area contributed by atoms with E-state index in [1.54, 1.807) is 0 Å². The van der Waals surface area contributed by atoms with Crippen LogP contribution >= 0.6 is 0 Å². The third kappa shape index (κ3) is 3.09. The zero-order chi connectivity index (χ0) is 18.1. The number of nitrogens with two attached hydrogens (primary N) is 1. The molecule has 2 fully saturated rings. The van der Waals surface area contributed by atoms with Crippen LogP contribution in [0.4, 0.5) is 17.3 Å². The van der Waals surface area contributed by atoms with Crippen molar-refractivity contribution in [2.75, 3.05) is 41.8 Å². The van der Waals surface area contributed by atoms with Crippen LogP contribution < -0.4 is 15.5 Å². The topological polar surface area (TPSA) is 67.5 Å². The second-order valence-corrected chi connectivity index (χ2v) is 7.03. The van der Waals surface area contributed by atoms with E-state index in [0.29, 0.717) is 12.1 Å². The number of aromatic nitrogens is 2. The van der Waals surface area contributed by atoms with Gasteiger partial charge in [-0.3, -0.25) is 0 Å². The average molecular weight is 353 g/mol. The van der Waals surface area contributed by atoms with Crippen LogP contribution in [0.5, 0.6) is 0 Å². The molecule has 0 radical (unpaired) electrons. The maximum atomic E-state index is 5.85. The van der Waals surface area contributed by atoms with Crippen molar-refractivity contribution in [3.05, 3.63) is 30.3 Å². The molecule has 6 heteroatoms. The monoisotopic (exact) mass is 353 g/mol. The molecule has 0 saturated carbocycles. The van der Waals surface area contributed by atoms with Crippen molar-refractivity contribution < 1.29 is 4.74 Å². The molecule has 3 heterocycles. The van der Waals surface area contributed by atoms with Crippen LogP contribution in [-0.2, 0) is 4.74 Å². The summed E-state index contributed by atoms with van der Waals surface area (Å²) in [6.07, 6.45) is 2.35. The first-order valence-electron chi connectivity index (χ1n) is 9.55. The van der Waals surface area contributed by atoms with Crippen molar-refractivity contribution in [2.45, 2.75) is 38.8 Å². The molecule has 2 atom stereocenters. The molecule has 0 aliphatic carbocycles. The molecule has 26 heavy (non-hydrogen) atoms. The van der Waals surface area contributed by atoms with Gasteiger partial charge in [0.1, 0.15) is 11.6 Å². The van der Waals surface area contributed by atoms with E-state index in [0.717, 1.165) is 55.0 Å². The highest BCUT2D eigenvalue weighted by molar-refractivity contribution is 5.64. The number of hydrogen-bond acceptors (Lipinski definition) is 6. The van der Waals surface area contributed by atoms with Crippen molar-refractivity contribution in [1.82, 2.24) is 9.97 Å². The maximum Gasteiger partial charge on any atom is 0.163 e. The lowest BCUT2D eigenvalue weighted by Crippen LogP contribution is -2.46. The maximum absolute atomic E-state index is 5.85. The molecule has 2 bridgehead atoms. The summed E-state index contributed by atoms with van der Waals surface area (Å²) in [5.74, 6) is 2.76. The van der Waals surface area contributed by atoms with Crippen LogP contribution in [-0.4, -0.2) is 48.4 Å². The fourth-order valence-electron chi connectivity index (χ4n) is 4.03. The fourth-order valence-corrected chi connectivity index (χ4v) is 4.03. The van der Waals surface area contributed by atoms with E-state index in [1.165, 1.54) is 12.8 Å². The van der Waals surface area contributed by atoms with Crippen molar-refractivity contribution in [2.24, 2.45) is 0 Å². The Morgan fingerprint density at radius 3 is 2.35 bits per heavy atom. The highest BCUT2D eigenvalue weighted by atomic mass is 16.5. The lowest BCUT2D eigenvalue weighted by atomic mass is 10.2. The molecule has 0 spiro atoms. The Morgan fingerprint density at radius 2 is 1.73 bits per heavy atom. The van der Waals surface area contributed by atoms with E-state index >= 15 is 0 Å². The molecular formula is C20H27N5O. The molecule has 1 aromatic carbocycles. The molecule has 0 amide bonds. The van der Waals surface area contributed by atoms with Gasteiger partial charge in [-0.05, 0) is 51.0 Å². The minimum atomic E-state index is 0.424.